The van der Waals surface area contributed by atoms with Gasteiger partial charge in [-0.1, -0.05) is 36.4 Å². The zero-order valence-corrected chi connectivity index (χ0v) is 45.6. The number of nitrogens with zero attached hydrogens (tertiary/aromatic N) is 2. The fourth-order valence-corrected chi connectivity index (χ4v) is 13.6. The zero-order valence-electron chi connectivity index (χ0n) is 41.5. The van der Waals surface area contributed by atoms with E-state index in [9.17, 15) is 70.2 Å². The number of unbranched alkanes of at least 4 members (excludes halogenated alkanes) is 2. The molecule has 4 aromatic rings. The predicted octanol–water partition coefficient (Wildman–Crippen LogP) is 4.95. The van der Waals surface area contributed by atoms with Gasteiger partial charge >= 0.3 is 5.97 Å². The number of benzene rings is 4. The van der Waals surface area contributed by atoms with Gasteiger partial charge < -0.3 is 37.7 Å². The standard InChI is InChI=1S/C49H59N3O18S5/c1-48(2)43(51(24-13-9-12-17-45(53)54)39-20-19-36-37(46(39)48)29-34(74(63,64)65)32-42(36)75(66,67)68)15-10-7-6-8-11-16-44-49(3,22-14-28-71(55,56)57)47-38-30-33(73(60,61)62)31-41(72(58,59)50-23-26-69-4)35(38)18-21-40(47)52(44)25-27-70-5/h6-8,10-11,15-16,18-21,29-32,50H,9,12-14,17,22-28H2,1-5H3,(H4-,53,54,55,56,57,60,61,62,63,64,65,66,67,68)/p-3. The number of anilines is 1. The summed E-state index contributed by atoms with van der Waals surface area (Å²) in [5, 5.41) is 9.31. The monoisotopic (exact) mass is 1130 g/mol. The van der Waals surface area contributed by atoms with Crippen LogP contribution in [0.3, 0.4) is 0 Å². The SMILES string of the molecule is COCCNS(=O)(=O)c1cc(S(=O)(=O)[O-])cc2c3c(ccc12)N(CCOC)/C(=C/C=C/C=C/C=C/C1=[N+](CCCCCC(=O)O)c2ccc4c(S(=O)(=O)[O-])cc(S(=O)(=O)[O-])cc4c2C1(C)C)C3(C)CCCS(=O)(=O)[O-]. The minimum Gasteiger partial charge on any atom is -0.748 e. The van der Waals surface area contributed by atoms with Crippen molar-refractivity contribution in [3.8, 4) is 0 Å². The quantitative estimate of drug-likeness (QED) is 0.0383. The lowest BCUT2D eigenvalue weighted by Gasteiger charge is -2.31. The van der Waals surface area contributed by atoms with Crippen LogP contribution in [-0.4, -0.2) is 134 Å². The average Bonchev–Trinajstić information content (AvgIpc) is 3.67. The van der Waals surface area contributed by atoms with Gasteiger partial charge in [0.1, 0.15) is 36.9 Å². The summed E-state index contributed by atoms with van der Waals surface area (Å²) >= 11 is 0. The number of carbonyl (C=O) groups is 1. The third-order valence-corrected chi connectivity index (χ3v) is 18.0. The lowest BCUT2D eigenvalue weighted by Crippen LogP contribution is -2.31. The molecule has 2 aliphatic rings. The van der Waals surface area contributed by atoms with Crippen LogP contribution in [0, 0.1) is 0 Å². The van der Waals surface area contributed by atoms with Gasteiger partial charge in [0.05, 0.1) is 48.3 Å². The lowest BCUT2D eigenvalue weighted by molar-refractivity contribution is -0.438. The number of aliphatic carboxylic acids is 1. The van der Waals surface area contributed by atoms with E-state index in [1.807, 2.05) is 9.48 Å². The Morgan fingerprint density at radius 2 is 1.28 bits per heavy atom. The van der Waals surface area contributed by atoms with Gasteiger partial charge in [0.15, 0.2) is 5.71 Å². The van der Waals surface area contributed by atoms with E-state index >= 15 is 0 Å². The van der Waals surface area contributed by atoms with Crippen molar-refractivity contribution >= 4 is 95.1 Å². The summed E-state index contributed by atoms with van der Waals surface area (Å²) in [6, 6.07) is 9.56. The van der Waals surface area contributed by atoms with Crippen LogP contribution in [-0.2, 0) is 75.6 Å². The van der Waals surface area contributed by atoms with Crippen LogP contribution in [0.1, 0.15) is 70.4 Å². The molecule has 0 aliphatic carbocycles. The molecule has 4 aromatic carbocycles. The third kappa shape index (κ3) is 13.1. The molecule has 1 unspecified atom stereocenters. The first-order chi connectivity index (χ1) is 34.9. The molecular formula is C49H56N3O18S5-3. The fourth-order valence-electron chi connectivity index (χ4n) is 9.94. The van der Waals surface area contributed by atoms with Gasteiger partial charge in [0.2, 0.25) is 15.7 Å². The Morgan fingerprint density at radius 3 is 1.88 bits per heavy atom. The van der Waals surface area contributed by atoms with E-state index in [0.29, 0.717) is 65.8 Å². The topological polar surface area (TPSA) is 337 Å². The van der Waals surface area contributed by atoms with Crippen molar-refractivity contribution in [2.75, 3.05) is 57.7 Å². The Kier molecular flexibility index (Phi) is 17.9. The number of ether oxygens (including phenoxy) is 2. The molecule has 2 N–H and O–H groups in total. The van der Waals surface area contributed by atoms with Crippen molar-refractivity contribution in [3.63, 3.8) is 0 Å². The van der Waals surface area contributed by atoms with E-state index in [1.165, 1.54) is 26.4 Å². The van der Waals surface area contributed by atoms with Crippen LogP contribution < -0.4 is 9.62 Å². The second-order valence-corrected chi connectivity index (χ2v) is 26.0. The molecule has 0 bridgehead atoms. The molecule has 0 aromatic heterocycles. The van der Waals surface area contributed by atoms with E-state index in [4.69, 9.17) is 9.47 Å². The maximum absolute atomic E-state index is 13.8. The number of methoxy groups -OCH3 is 2. The smallest absolute Gasteiger partial charge is 0.303 e. The highest BCUT2D eigenvalue weighted by atomic mass is 32.2. The summed E-state index contributed by atoms with van der Waals surface area (Å²) in [5.74, 6) is -1.71. The normalized spacial score (nSPS) is 18.0. The summed E-state index contributed by atoms with van der Waals surface area (Å²) in [7, 11) is -22.1. The fraction of sp³-hybridized carbons (Fsp3) is 0.388. The van der Waals surface area contributed by atoms with Gasteiger partial charge in [0, 0.05) is 91.2 Å². The largest absolute Gasteiger partial charge is 0.748 e. The Hall–Kier alpha value is -5.23. The molecule has 26 heteroatoms. The minimum absolute atomic E-state index is 0.0188. The highest BCUT2D eigenvalue weighted by Crippen LogP contribution is 2.54. The van der Waals surface area contributed by atoms with Crippen molar-refractivity contribution in [3.05, 3.63) is 108 Å². The molecule has 0 spiro atoms. The first kappa shape index (κ1) is 59.0. The molecule has 21 nitrogen and oxygen atoms in total. The molecule has 75 heavy (non-hydrogen) atoms. The highest BCUT2D eigenvalue weighted by molar-refractivity contribution is 7.90. The van der Waals surface area contributed by atoms with Crippen LogP contribution >= 0.6 is 0 Å². The van der Waals surface area contributed by atoms with Crippen LogP contribution in [0.25, 0.3) is 21.5 Å². The molecule has 6 rings (SSSR count). The summed E-state index contributed by atoms with van der Waals surface area (Å²) in [6.45, 7) is 5.81. The number of carboxylic acids is 1. The molecule has 0 amide bonds. The molecule has 1 atom stereocenters. The Balaban J connectivity index is 1.45. The maximum atomic E-state index is 13.8. The number of nitrogens with one attached hydrogen (secondary N) is 1. The maximum Gasteiger partial charge on any atom is 0.303 e. The highest BCUT2D eigenvalue weighted by Gasteiger charge is 2.47. The molecule has 2 aliphatic heterocycles. The number of fused-ring (bicyclic) bond motifs is 6. The van der Waals surface area contributed by atoms with Gasteiger partial charge in [-0.3, -0.25) is 4.79 Å². The predicted molar refractivity (Wildman–Crippen MR) is 274 cm³/mol. The lowest BCUT2D eigenvalue weighted by atomic mass is 9.75. The van der Waals surface area contributed by atoms with Crippen molar-refractivity contribution in [2.45, 2.75) is 89.7 Å². The average molecular weight is 1140 g/mol. The van der Waals surface area contributed by atoms with Gasteiger partial charge in [-0.2, -0.15) is 4.58 Å². The zero-order chi connectivity index (χ0) is 55.5. The number of allylic oxidation sites excluding steroid dienone is 8. The van der Waals surface area contributed by atoms with Gasteiger partial charge in [-0.05, 0) is 105 Å². The second-order valence-electron chi connectivity index (χ2n) is 18.6. The van der Waals surface area contributed by atoms with E-state index in [0.717, 1.165) is 18.2 Å². The number of hydrogen-bond donors (Lipinski definition) is 2. The van der Waals surface area contributed by atoms with Crippen molar-refractivity contribution in [1.29, 1.82) is 0 Å². The molecule has 0 radical (unpaired) electrons. The van der Waals surface area contributed by atoms with Crippen LogP contribution in [0.5, 0.6) is 0 Å². The first-order valence-corrected chi connectivity index (χ1v) is 30.5. The summed E-state index contributed by atoms with van der Waals surface area (Å²) in [4.78, 5) is 9.95. The summed E-state index contributed by atoms with van der Waals surface area (Å²) in [6.07, 6.45) is 13.1. The Morgan fingerprint density at radius 1 is 0.693 bits per heavy atom. The van der Waals surface area contributed by atoms with Gasteiger partial charge in [0.25, 0.3) is 0 Å². The van der Waals surface area contributed by atoms with E-state index in [2.05, 4.69) is 4.72 Å². The van der Waals surface area contributed by atoms with E-state index in [-0.39, 0.29) is 67.1 Å². The van der Waals surface area contributed by atoms with Crippen molar-refractivity contribution in [1.82, 2.24) is 4.72 Å². The third-order valence-electron chi connectivity index (χ3n) is 13.2. The Bertz CT molecular complexity index is 3660. The van der Waals surface area contributed by atoms with Crippen molar-refractivity contribution in [2.24, 2.45) is 0 Å². The minimum atomic E-state index is -5.27. The van der Waals surface area contributed by atoms with Crippen molar-refractivity contribution < 1.29 is 84.3 Å². The van der Waals surface area contributed by atoms with Crippen LogP contribution in [0.15, 0.2) is 116 Å². The molecule has 0 saturated heterocycles. The van der Waals surface area contributed by atoms with Crippen LogP contribution in [0.4, 0.5) is 11.4 Å². The molecule has 408 valence electrons. The molecular weight excluding hydrogens is 1080 g/mol. The summed E-state index contributed by atoms with van der Waals surface area (Å²) in [5.41, 5.74) is 0.722. The van der Waals surface area contributed by atoms with Gasteiger partial charge in [-0.15, -0.1) is 0 Å². The molecule has 0 fully saturated rings. The molecule has 2 heterocycles. The van der Waals surface area contributed by atoms with E-state index in [1.54, 1.807) is 75.4 Å². The summed E-state index contributed by atoms with van der Waals surface area (Å²) < 4.78 is 190. The molecule has 0 saturated carbocycles. The van der Waals surface area contributed by atoms with Crippen LogP contribution in [0.2, 0.25) is 0 Å². The number of sulfonamides is 1. The number of carboxylic acid groups (broad SMARTS) is 1. The first-order valence-electron chi connectivity index (χ1n) is 23.3. The second kappa shape index (κ2) is 22.8. The Labute approximate surface area is 437 Å². The van der Waals surface area contributed by atoms with E-state index < -0.39 is 92.6 Å². The van der Waals surface area contributed by atoms with Gasteiger partial charge in [-0.25, -0.2) is 46.8 Å². The number of rotatable bonds is 25. The number of hydrogen-bond acceptors (Lipinski definition) is 18.